The van der Waals surface area contributed by atoms with E-state index in [1.165, 1.54) is 17.0 Å². The number of benzene rings is 1. The predicted octanol–water partition coefficient (Wildman–Crippen LogP) is 1.15. The average molecular weight is 270 g/mol. The molecule has 19 heavy (non-hydrogen) atoms. The van der Waals surface area contributed by atoms with E-state index in [2.05, 4.69) is 0 Å². The molecule has 0 saturated carbocycles. The maximum Gasteiger partial charge on any atom is 0.257 e. The lowest BCUT2D eigenvalue weighted by molar-refractivity contribution is -0.0301. The van der Waals surface area contributed by atoms with Crippen LogP contribution in [0.5, 0.6) is 0 Å². The van der Waals surface area contributed by atoms with Crippen LogP contribution in [0.1, 0.15) is 17.3 Å². The number of rotatable bonds is 2. The number of carbonyl (C=O) groups is 1. The second-order valence-corrected chi connectivity index (χ2v) is 4.62. The van der Waals surface area contributed by atoms with E-state index in [0.717, 1.165) is 6.07 Å². The molecule has 2 rings (SSSR count). The molecule has 0 aliphatic carbocycles. The van der Waals surface area contributed by atoms with E-state index in [1.54, 1.807) is 6.92 Å². The maximum absolute atomic E-state index is 13.6. The van der Waals surface area contributed by atoms with Gasteiger partial charge in [0.15, 0.2) is 11.6 Å². The van der Waals surface area contributed by atoms with E-state index in [1.807, 2.05) is 0 Å². The Morgan fingerprint density at radius 3 is 2.95 bits per heavy atom. The van der Waals surface area contributed by atoms with Crippen LogP contribution in [0.15, 0.2) is 18.2 Å². The highest BCUT2D eigenvalue weighted by molar-refractivity contribution is 5.94. The third-order valence-corrected chi connectivity index (χ3v) is 3.15. The van der Waals surface area contributed by atoms with Gasteiger partial charge in [0.2, 0.25) is 0 Å². The van der Waals surface area contributed by atoms with Crippen LogP contribution in [0.25, 0.3) is 0 Å². The van der Waals surface area contributed by atoms with Crippen LogP contribution < -0.4 is 5.73 Å². The van der Waals surface area contributed by atoms with Gasteiger partial charge in [0, 0.05) is 19.1 Å². The zero-order valence-electron chi connectivity index (χ0n) is 10.6. The van der Waals surface area contributed by atoms with Gasteiger partial charge in [-0.1, -0.05) is 6.07 Å². The normalized spacial score (nSPS) is 21.3. The summed E-state index contributed by atoms with van der Waals surface area (Å²) >= 11 is 0. The molecule has 1 heterocycles. The summed E-state index contributed by atoms with van der Waals surface area (Å²) in [5.74, 6) is -2.68. The quantitative estimate of drug-likeness (QED) is 0.877. The van der Waals surface area contributed by atoms with Crippen molar-refractivity contribution in [3.8, 4) is 0 Å². The first-order valence-electron chi connectivity index (χ1n) is 6.11. The fraction of sp³-hybridized carbons (Fsp3) is 0.462. The molecule has 1 aliphatic heterocycles. The molecule has 2 atom stereocenters. The van der Waals surface area contributed by atoms with Crippen molar-refractivity contribution < 1.29 is 18.3 Å². The van der Waals surface area contributed by atoms with E-state index < -0.39 is 17.5 Å². The topological polar surface area (TPSA) is 55.6 Å². The van der Waals surface area contributed by atoms with Crippen LogP contribution >= 0.6 is 0 Å². The first-order valence-corrected chi connectivity index (χ1v) is 6.11. The number of ether oxygens (including phenoxy) is 1. The summed E-state index contributed by atoms with van der Waals surface area (Å²) in [6.45, 7) is 2.75. The van der Waals surface area contributed by atoms with Gasteiger partial charge in [0.25, 0.3) is 5.91 Å². The Bertz CT molecular complexity index is 480. The lowest BCUT2D eigenvalue weighted by atomic mass is 10.1. The number of nitrogens with two attached hydrogens (primary N) is 1. The summed E-state index contributed by atoms with van der Waals surface area (Å²) in [5, 5.41) is 0. The Labute approximate surface area is 110 Å². The Hall–Kier alpha value is -1.53. The van der Waals surface area contributed by atoms with Crippen LogP contribution in [0.4, 0.5) is 8.78 Å². The lowest BCUT2D eigenvalue weighted by Crippen LogP contribution is -2.51. The van der Waals surface area contributed by atoms with E-state index in [-0.39, 0.29) is 24.3 Å². The Kier molecular flexibility index (Phi) is 4.11. The van der Waals surface area contributed by atoms with Crippen LogP contribution in [-0.2, 0) is 4.74 Å². The highest BCUT2D eigenvalue weighted by atomic mass is 19.2. The molecule has 0 radical (unpaired) electrons. The maximum atomic E-state index is 13.6. The highest BCUT2D eigenvalue weighted by Crippen LogP contribution is 2.16. The van der Waals surface area contributed by atoms with Crippen molar-refractivity contribution in [1.82, 2.24) is 4.90 Å². The molecule has 0 aromatic heterocycles. The summed E-state index contributed by atoms with van der Waals surface area (Å²) in [7, 11) is 0. The first kappa shape index (κ1) is 13.9. The molecule has 0 bridgehead atoms. The molecular formula is C13H16F2N2O2. The summed E-state index contributed by atoms with van der Waals surface area (Å²) in [6, 6.07) is 3.34. The number of hydrogen-bond donors (Lipinski definition) is 1. The zero-order chi connectivity index (χ0) is 14.0. The largest absolute Gasteiger partial charge is 0.373 e. The zero-order valence-corrected chi connectivity index (χ0v) is 10.6. The van der Waals surface area contributed by atoms with Gasteiger partial charge >= 0.3 is 0 Å². The predicted molar refractivity (Wildman–Crippen MR) is 65.7 cm³/mol. The second kappa shape index (κ2) is 5.63. The molecule has 104 valence electrons. The summed E-state index contributed by atoms with van der Waals surface area (Å²) in [5.41, 5.74) is 5.47. The van der Waals surface area contributed by atoms with Crippen molar-refractivity contribution in [2.45, 2.75) is 19.1 Å². The molecule has 0 spiro atoms. The van der Waals surface area contributed by atoms with Crippen molar-refractivity contribution in [1.29, 1.82) is 0 Å². The summed E-state index contributed by atoms with van der Waals surface area (Å²) in [6.07, 6.45) is -0.283. The van der Waals surface area contributed by atoms with Gasteiger partial charge in [-0.3, -0.25) is 4.79 Å². The molecule has 6 heteroatoms. The number of amides is 1. The summed E-state index contributed by atoms with van der Waals surface area (Å²) < 4.78 is 32.1. The van der Waals surface area contributed by atoms with Crippen molar-refractivity contribution in [3.63, 3.8) is 0 Å². The molecule has 1 aromatic rings. The van der Waals surface area contributed by atoms with Gasteiger partial charge < -0.3 is 15.4 Å². The van der Waals surface area contributed by atoms with Crippen LogP contribution in [0.3, 0.4) is 0 Å². The Balaban J connectivity index is 2.17. The molecule has 1 saturated heterocycles. The van der Waals surface area contributed by atoms with Crippen molar-refractivity contribution in [3.05, 3.63) is 35.4 Å². The van der Waals surface area contributed by atoms with Gasteiger partial charge in [-0.05, 0) is 19.1 Å². The minimum Gasteiger partial charge on any atom is -0.373 e. The molecule has 2 unspecified atom stereocenters. The van der Waals surface area contributed by atoms with E-state index in [0.29, 0.717) is 13.2 Å². The van der Waals surface area contributed by atoms with Gasteiger partial charge in [0.05, 0.1) is 18.3 Å². The van der Waals surface area contributed by atoms with E-state index in [4.69, 9.17) is 10.5 Å². The Morgan fingerprint density at radius 2 is 2.26 bits per heavy atom. The number of carbonyl (C=O) groups excluding carboxylic acids is 1. The standard InChI is InChI=1S/C13H16F2N2O2/c1-8(16)11-7-17(5-6-19-11)13(18)9-3-2-4-10(14)12(9)15/h2-4,8,11H,5-7,16H2,1H3. The minimum absolute atomic E-state index is 0.229. The minimum atomic E-state index is -1.11. The monoisotopic (exact) mass is 270 g/mol. The lowest BCUT2D eigenvalue weighted by Gasteiger charge is -2.34. The number of morpholine rings is 1. The van der Waals surface area contributed by atoms with Crippen molar-refractivity contribution >= 4 is 5.91 Å². The number of halogens is 2. The molecule has 2 N–H and O–H groups in total. The van der Waals surface area contributed by atoms with Crippen LogP contribution in [0.2, 0.25) is 0 Å². The Morgan fingerprint density at radius 1 is 1.53 bits per heavy atom. The van der Waals surface area contributed by atoms with Crippen molar-refractivity contribution in [2.24, 2.45) is 5.73 Å². The van der Waals surface area contributed by atoms with E-state index in [9.17, 15) is 13.6 Å². The molecule has 1 aliphatic rings. The van der Waals surface area contributed by atoms with Crippen molar-refractivity contribution in [2.75, 3.05) is 19.7 Å². The molecule has 1 aromatic carbocycles. The third-order valence-electron chi connectivity index (χ3n) is 3.15. The fourth-order valence-electron chi connectivity index (χ4n) is 2.02. The molecule has 4 nitrogen and oxygen atoms in total. The van der Waals surface area contributed by atoms with Gasteiger partial charge in [-0.25, -0.2) is 8.78 Å². The van der Waals surface area contributed by atoms with Gasteiger partial charge in [-0.15, -0.1) is 0 Å². The third kappa shape index (κ3) is 2.90. The first-order chi connectivity index (χ1) is 9.00. The van der Waals surface area contributed by atoms with E-state index >= 15 is 0 Å². The average Bonchev–Trinajstić information content (AvgIpc) is 2.41. The highest BCUT2D eigenvalue weighted by Gasteiger charge is 2.28. The van der Waals surface area contributed by atoms with Gasteiger partial charge in [0.1, 0.15) is 0 Å². The van der Waals surface area contributed by atoms with Gasteiger partial charge in [-0.2, -0.15) is 0 Å². The van der Waals surface area contributed by atoms with Crippen LogP contribution in [-0.4, -0.2) is 42.6 Å². The summed E-state index contributed by atoms with van der Waals surface area (Å²) in [4.78, 5) is 13.6. The molecule has 1 amide bonds. The smallest absolute Gasteiger partial charge is 0.257 e. The second-order valence-electron chi connectivity index (χ2n) is 4.62. The fourth-order valence-corrected chi connectivity index (χ4v) is 2.02. The molecule has 1 fully saturated rings. The molecular weight excluding hydrogens is 254 g/mol. The SMILES string of the molecule is CC(N)C1CN(C(=O)c2cccc(F)c2F)CCO1. The number of nitrogens with zero attached hydrogens (tertiary/aromatic N) is 1. The number of hydrogen-bond acceptors (Lipinski definition) is 3. The van der Waals surface area contributed by atoms with Crippen LogP contribution in [0, 0.1) is 11.6 Å².